The van der Waals surface area contributed by atoms with Gasteiger partial charge in [0.1, 0.15) is 23.7 Å². The van der Waals surface area contributed by atoms with Crippen molar-refractivity contribution in [2.45, 2.75) is 152 Å². The van der Waals surface area contributed by atoms with Crippen molar-refractivity contribution in [1.29, 1.82) is 0 Å². The molecule has 0 radical (unpaired) electrons. The Morgan fingerprint density at radius 3 is 1.38 bits per heavy atom. The maximum atomic E-state index is 14.6. The van der Waals surface area contributed by atoms with Crippen molar-refractivity contribution < 1.29 is 38.1 Å². The number of aryl methyl sites for hydroxylation is 4. The summed E-state index contributed by atoms with van der Waals surface area (Å²) in [5.41, 5.74) is 13.2. The molecule has 4 amide bonds. The van der Waals surface area contributed by atoms with Gasteiger partial charge in [-0.15, -0.1) is 0 Å². The molecule has 4 fully saturated rings. The summed E-state index contributed by atoms with van der Waals surface area (Å²) >= 11 is 0. The van der Waals surface area contributed by atoms with Crippen LogP contribution in [-0.2, 0) is 54.2 Å². The number of H-pyrrole nitrogens is 2. The number of aromatic amines is 2. The molecule has 2 saturated carbocycles. The van der Waals surface area contributed by atoms with Gasteiger partial charge in [-0.25, -0.2) is 19.6 Å². The van der Waals surface area contributed by atoms with Crippen LogP contribution in [0.25, 0.3) is 44.3 Å². The van der Waals surface area contributed by atoms with Crippen LogP contribution < -0.4 is 10.6 Å². The number of hydrogen-bond donors (Lipinski definition) is 4. The number of aromatic nitrogens is 4. The highest BCUT2D eigenvalue weighted by Gasteiger charge is 2.50. The minimum Gasteiger partial charge on any atom is -0.453 e. The summed E-state index contributed by atoms with van der Waals surface area (Å²) in [5, 5.41) is 5.53. The fourth-order valence-corrected chi connectivity index (χ4v) is 13.6. The maximum Gasteiger partial charge on any atom is 0.407 e. The van der Waals surface area contributed by atoms with Crippen molar-refractivity contribution >= 4 is 46.1 Å². The van der Waals surface area contributed by atoms with Crippen LogP contribution in [-0.4, -0.2) is 119 Å². The Bertz CT molecular complexity index is 2940. The average molecular weight is 1030 g/mol. The minimum atomic E-state index is -0.906. The molecule has 0 spiro atoms. The molecule has 8 aliphatic rings. The van der Waals surface area contributed by atoms with Crippen LogP contribution in [0.15, 0.2) is 72.8 Å². The lowest BCUT2D eigenvalue weighted by Crippen LogP contribution is -2.56. The molecular weight excluding hydrogens is 961 g/mol. The first kappa shape index (κ1) is 51.3. The third-order valence-electron chi connectivity index (χ3n) is 17.8. The highest BCUT2D eigenvalue weighted by atomic mass is 16.5. The van der Waals surface area contributed by atoms with E-state index in [0.717, 1.165) is 135 Å². The number of amides is 4. The van der Waals surface area contributed by atoms with E-state index in [1.807, 2.05) is 9.80 Å². The Morgan fingerprint density at radius 1 is 0.553 bits per heavy atom. The fraction of sp³-hybridized carbons (Fsp3) is 0.500. The molecule has 1 unspecified atom stereocenters. The van der Waals surface area contributed by atoms with E-state index < -0.39 is 36.5 Å². The summed E-state index contributed by atoms with van der Waals surface area (Å²) < 4.78 is 21.1. The quantitative estimate of drug-likeness (QED) is 0.0917. The third kappa shape index (κ3) is 9.82. The van der Waals surface area contributed by atoms with Gasteiger partial charge in [0.05, 0.1) is 60.6 Å². The molecule has 16 heteroatoms. The Morgan fingerprint density at radius 2 is 0.974 bits per heavy atom. The predicted molar refractivity (Wildman–Crippen MR) is 289 cm³/mol. The number of carbonyl (C=O) groups is 4. The summed E-state index contributed by atoms with van der Waals surface area (Å²) in [7, 11) is 5.69. The smallest absolute Gasteiger partial charge is 0.407 e. The monoisotopic (exact) mass is 1030 g/mol. The fourth-order valence-electron chi connectivity index (χ4n) is 13.6. The molecule has 4 bridgehead atoms. The number of imidazole rings is 2. The molecule has 2 saturated heterocycles. The zero-order valence-corrected chi connectivity index (χ0v) is 44.7. The maximum absolute atomic E-state index is 14.6. The van der Waals surface area contributed by atoms with E-state index in [1.165, 1.54) is 47.6 Å². The number of benzene rings is 4. The van der Waals surface area contributed by atoms with E-state index in [0.29, 0.717) is 11.8 Å². The third-order valence-corrected chi connectivity index (χ3v) is 17.8. The summed E-state index contributed by atoms with van der Waals surface area (Å²) in [5.74, 6) is 1.88. The van der Waals surface area contributed by atoms with E-state index in [2.05, 4.69) is 93.4 Å². The normalized spacial score (nSPS) is 23.8. The molecule has 76 heavy (non-hydrogen) atoms. The molecule has 2 aromatic heterocycles. The van der Waals surface area contributed by atoms with Crippen LogP contribution >= 0.6 is 0 Å². The second kappa shape index (κ2) is 21.7. The Balaban J connectivity index is 0.849. The minimum absolute atomic E-state index is 0.0565. The molecule has 4 N–H and O–H groups in total. The van der Waals surface area contributed by atoms with Gasteiger partial charge in [-0.2, -0.15) is 0 Å². The topological polar surface area (TPSA) is 193 Å². The summed E-state index contributed by atoms with van der Waals surface area (Å²) in [6.07, 6.45) is 10.9. The molecule has 2 aliphatic heterocycles. The average Bonchev–Trinajstić information content (AvgIpc) is 4.30. The first-order valence-electron chi connectivity index (χ1n) is 27.6. The van der Waals surface area contributed by atoms with Crippen LogP contribution in [0.5, 0.6) is 0 Å². The van der Waals surface area contributed by atoms with Crippen molar-refractivity contribution in [1.82, 2.24) is 40.4 Å². The van der Waals surface area contributed by atoms with Gasteiger partial charge < -0.3 is 49.3 Å². The Labute approximate surface area is 444 Å². The molecule has 400 valence electrons. The molecule has 16 nitrogen and oxygen atoms in total. The number of fused-ring (bicyclic) bond motifs is 4. The molecule has 6 aromatic rings. The molecule has 6 aliphatic carbocycles. The van der Waals surface area contributed by atoms with Crippen LogP contribution in [0.1, 0.15) is 124 Å². The number of hydrogen-bond acceptors (Lipinski definition) is 10. The lowest BCUT2D eigenvalue weighted by molar-refractivity contribution is -0.141. The van der Waals surface area contributed by atoms with Gasteiger partial charge >= 0.3 is 12.2 Å². The predicted octanol–water partition coefficient (Wildman–Crippen LogP) is 9.84. The number of likely N-dealkylation sites (tertiary alicyclic amines) is 2. The van der Waals surface area contributed by atoms with Gasteiger partial charge in [-0.3, -0.25) is 9.59 Å². The Kier molecular flexibility index (Phi) is 14.6. The number of nitrogens with one attached hydrogen (secondary N) is 4. The van der Waals surface area contributed by atoms with Crippen molar-refractivity contribution in [3.05, 3.63) is 107 Å². The lowest BCUT2D eigenvalue weighted by atomic mass is 9.84. The van der Waals surface area contributed by atoms with Crippen LogP contribution in [0.4, 0.5) is 9.59 Å². The van der Waals surface area contributed by atoms with E-state index in [4.69, 9.17) is 28.9 Å². The van der Waals surface area contributed by atoms with Crippen LogP contribution in [0.2, 0.25) is 0 Å². The second-order valence-electron chi connectivity index (χ2n) is 22.0. The zero-order chi connectivity index (χ0) is 52.8. The zero-order valence-electron chi connectivity index (χ0n) is 44.7. The van der Waals surface area contributed by atoms with Gasteiger partial charge in [0.15, 0.2) is 0 Å². The number of alkyl carbamates (subject to hydrolysis) is 2. The van der Waals surface area contributed by atoms with Gasteiger partial charge in [-0.05, 0) is 159 Å². The molecule has 4 aromatic carbocycles. The van der Waals surface area contributed by atoms with Crippen molar-refractivity contribution in [3.63, 3.8) is 0 Å². The molecule has 10 atom stereocenters. The van der Waals surface area contributed by atoms with Gasteiger partial charge in [0, 0.05) is 26.3 Å². The number of ether oxygens (including phenoxy) is 4. The number of methoxy groups -OCH3 is 4. The number of nitrogens with zero attached hydrogens (tertiary/aromatic N) is 4. The van der Waals surface area contributed by atoms with Crippen molar-refractivity contribution in [2.75, 3.05) is 28.4 Å². The van der Waals surface area contributed by atoms with Gasteiger partial charge in [0.25, 0.3) is 0 Å². The highest BCUT2D eigenvalue weighted by molar-refractivity contribution is 5.89. The summed E-state index contributed by atoms with van der Waals surface area (Å²) in [6, 6.07) is 24.6. The summed E-state index contributed by atoms with van der Waals surface area (Å²) in [4.78, 5) is 75.8. The van der Waals surface area contributed by atoms with Crippen molar-refractivity contribution in [2.24, 2.45) is 11.8 Å². The SMILES string of the molecule is COC(=O)NC(C(=O)N1[C@H](c2nc3cc(-c4cc5ccc4CCc4ccc(c(-c6ccc7[nH]c([C@@H]8C[C@@H]9CCCC[C@@H]9N8C(=O)[C@@H](NC(=O)OC)[C@@H](C)OC)nc7c6)c4)CC5)ccc3[nH]2)C[C@@H]2CCCC[C@@H]21)[C@@H](C)OC. The van der Waals surface area contributed by atoms with E-state index >= 15 is 0 Å². The summed E-state index contributed by atoms with van der Waals surface area (Å²) in [6.45, 7) is 3.59. The standard InChI is InChI=1S/C60H72N8O8/c1-33(73-3)53(65-59(71)75-5)57(69)67-49-13-9-7-11-41(49)31-51(67)55-61-45-25-23-39(29-47(45)63-55)43-27-35-15-19-37(43)21-17-36-16-20-38(22-18-35)44(28-36)40-24-26-46-48(30-40)64-56(62-46)52-32-42-12-8-10-14-50(42)68(52)58(70)54(34(2)74-4)66-60(72)76-6/h15-16,19-20,23-30,33-34,41-42,49-54H,7-14,17-18,21-22,31-32H2,1-6H3,(H,61,63)(H,62,64)(H,65,71)(H,66,72)/t33-,34-,41+,42+,49+,50+,51+,52+,53+,54?/m1/s1. The number of rotatable bonds is 12. The van der Waals surface area contributed by atoms with Gasteiger partial charge in [0.2, 0.25) is 11.8 Å². The van der Waals surface area contributed by atoms with Crippen LogP contribution in [0, 0.1) is 11.8 Å². The number of carbonyl (C=O) groups excluding carboxylic acids is 4. The van der Waals surface area contributed by atoms with E-state index in [9.17, 15) is 19.2 Å². The van der Waals surface area contributed by atoms with Crippen LogP contribution in [0.3, 0.4) is 0 Å². The first-order chi connectivity index (χ1) is 36.9. The first-order valence-corrected chi connectivity index (χ1v) is 27.6. The Hall–Kier alpha value is -6.78. The molecule has 14 rings (SSSR count). The largest absolute Gasteiger partial charge is 0.453 e. The van der Waals surface area contributed by atoms with E-state index in [1.54, 1.807) is 28.1 Å². The van der Waals surface area contributed by atoms with E-state index in [-0.39, 0.29) is 36.0 Å². The van der Waals surface area contributed by atoms with Gasteiger partial charge in [-0.1, -0.05) is 74.2 Å². The molecular formula is C60H72N8O8. The van der Waals surface area contributed by atoms with Crippen molar-refractivity contribution in [3.8, 4) is 22.3 Å². The highest BCUT2D eigenvalue weighted by Crippen LogP contribution is 2.48. The molecule has 4 heterocycles. The second-order valence-corrected chi connectivity index (χ2v) is 22.0. The lowest BCUT2D eigenvalue weighted by Gasteiger charge is -2.37.